The van der Waals surface area contributed by atoms with Crippen molar-refractivity contribution in [3.8, 4) is 0 Å². The lowest BCUT2D eigenvalue weighted by atomic mass is 10.2. The van der Waals surface area contributed by atoms with E-state index in [2.05, 4.69) is 12.2 Å². The van der Waals surface area contributed by atoms with Crippen molar-refractivity contribution in [3.05, 3.63) is 0 Å². The normalized spacial score (nSPS) is 17.3. The molecule has 3 nitrogen and oxygen atoms in total. The second kappa shape index (κ2) is 7.96. The smallest absolute Gasteiger partial charge is 0.234 e. The van der Waals surface area contributed by atoms with Crippen LogP contribution in [0.1, 0.15) is 45.4 Å². The summed E-state index contributed by atoms with van der Waals surface area (Å²) in [6.45, 7) is 2.22. The molecule has 1 rings (SSSR count). The lowest BCUT2D eigenvalue weighted by Crippen LogP contribution is -2.42. The number of hydrogen-bond acceptors (Lipinski definition) is 3. The van der Waals surface area contributed by atoms with Gasteiger partial charge in [0.05, 0.1) is 6.04 Å². The maximum absolute atomic E-state index is 11.2. The van der Waals surface area contributed by atoms with Crippen LogP contribution in [0.3, 0.4) is 0 Å². The summed E-state index contributed by atoms with van der Waals surface area (Å²) in [6, 6.07) is 0.453. The van der Waals surface area contributed by atoms with Crippen molar-refractivity contribution in [1.82, 2.24) is 5.32 Å². The number of nitrogens with one attached hydrogen (secondary N) is 1. The maximum atomic E-state index is 11.2. The third-order valence-electron chi connectivity index (χ3n) is 2.80. The van der Waals surface area contributed by atoms with Crippen molar-refractivity contribution in [3.63, 3.8) is 0 Å². The number of thioether (sulfide) groups is 1. The average molecular weight is 244 g/mol. The van der Waals surface area contributed by atoms with E-state index in [1.165, 1.54) is 37.9 Å². The average Bonchev–Trinajstić information content (AvgIpc) is 3.05. The Kier molecular flexibility index (Phi) is 6.88. The van der Waals surface area contributed by atoms with E-state index in [4.69, 9.17) is 5.73 Å². The summed E-state index contributed by atoms with van der Waals surface area (Å²) in [5, 5.41) is 3.30. The van der Waals surface area contributed by atoms with E-state index in [1.54, 1.807) is 0 Å². The number of rotatable bonds is 10. The number of unbranched alkanes of at least 4 members (excludes halogenated alkanes) is 2. The van der Waals surface area contributed by atoms with Crippen LogP contribution in [0.25, 0.3) is 0 Å². The van der Waals surface area contributed by atoms with Gasteiger partial charge in [0.1, 0.15) is 0 Å². The standard InChI is InChI=1S/C12H24N2OS/c1-2-3-4-8-16-9-7-11(12(13)15)14-10-5-6-10/h10-11,14H,2-9H2,1H3,(H2,13,15). The lowest BCUT2D eigenvalue weighted by Gasteiger charge is -2.14. The fourth-order valence-electron chi connectivity index (χ4n) is 1.60. The van der Waals surface area contributed by atoms with Crippen LogP contribution in [0.5, 0.6) is 0 Å². The molecular weight excluding hydrogens is 220 g/mol. The third-order valence-corrected chi connectivity index (χ3v) is 3.90. The number of hydrogen-bond donors (Lipinski definition) is 2. The Morgan fingerprint density at radius 2 is 2.19 bits per heavy atom. The van der Waals surface area contributed by atoms with Gasteiger partial charge in [0.2, 0.25) is 5.91 Å². The summed E-state index contributed by atoms with van der Waals surface area (Å²) in [5.74, 6) is 2.06. The Hall–Kier alpha value is -0.220. The van der Waals surface area contributed by atoms with E-state index in [-0.39, 0.29) is 11.9 Å². The molecule has 1 unspecified atom stereocenters. The molecule has 1 atom stereocenters. The van der Waals surface area contributed by atoms with Crippen LogP contribution < -0.4 is 11.1 Å². The number of carbonyl (C=O) groups excluding carboxylic acids is 1. The molecule has 16 heavy (non-hydrogen) atoms. The molecular formula is C12H24N2OS. The number of primary amides is 1. The second-order valence-electron chi connectivity index (χ2n) is 4.50. The van der Waals surface area contributed by atoms with Crippen molar-refractivity contribution in [2.45, 2.75) is 57.5 Å². The highest BCUT2D eigenvalue weighted by molar-refractivity contribution is 7.99. The Morgan fingerprint density at radius 3 is 2.75 bits per heavy atom. The molecule has 94 valence electrons. The summed E-state index contributed by atoms with van der Waals surface area (Å²) in [6.07, 6.45) is 7.15. The fraction of sp³-hybridized carbons (Fsp3) is 0.917. The SMILES string of the molecule is CCCCCSCCC(NC1CC1)C(N)=O. The van der Waals surface area contributed by atoms with Crippen LogP contribution >= 0.6 is 11.8 Å². The Labute approximate surface area is 103 Å². The zero-order valence-electron chi connectivity index (χ0n) is 10.2. The van der Waals surface area contributed by atoms with Crippen molar-refractivity contribution in [2.75, 3.05) is 11.5 Å². The van der Waals surface area contributed by atoms with Gasteiger partial charge in [0.15, 0.2) is 0 Å². The first kappa shape index (κ1) is 13.8. The van der Waals surface area contributed by atoms with Gasteiger partial charge in [-0.1, -0.05) is 19.8 Å². The van der Waals surface area contributed by atoms with E-state index in [1.807, 2.05) is 11.8 Å². The van der Waals surface area contributed by atoms with Crippen molar-refractivity contribution >= 4 is 17.7 Å². The molecule has 0 aromatic heterocycles. The Balaban J connectivity index is 2.00. The topological polar surface area (TPSA) is 55.1 Å². The highest BCUT2D eigenvalue weighted by Gasteiger charge is 2.26. The molecule has 0 heterocycles. The van der Waals surface area contributed by atoms with Crippen LogP contribution in [0.4, 0.5) is 0 Å². The lowest BCUT2D eigenvalue weighted by molar-refractivity contribution is -0.120. The summed E-state index contributed by atoms with van der Waals surface area (Å²) >= 11 is 1.94. The molecule has 1 aliphatic rings. The van der Waals surface area contributed by atoms with Gasteiger partial charge in [-0.3, -0.25) is 4.79 Å². The number of nitrogens with two attached hydrogens (primary N) is 1. The first-order valence-corrected chi connectivity index (χ1v) is 7.52. The van der Waals surface area contributed by atoms with Crippen LogP contribution in [0.2, 0.25) is 0 Å². The zero-order valence-corrected chi connectivity index (χ0v) is 11.0. The molecule has 1 aliphatic carbocycles. The minimum Gasteiger partial charge on any atom is -0.368 e. The van der Waals surface area contributed by atoms with Crippen molar-refractivity contribution in [1.29, 1.82) is 0 Å². The quantitative estimate of drug-likeness (QED) is 0.577. The van der Waals surface area contributed by atoms with Gasteiger partial charge in [-0.25, -0.2) is 0 Å². The fourth-order valence-corrected chi connectivity index (χ4v) is 2.61. The van der Waals surface area contributed by atoms with Gasteiger partial charge in [-0.05, 0) is 37.2 Å². The third kappa shape index (κ3) is 6.38. The molecule has 0 aromatic rings. The molecule has 1 fully saturated rings. The van der Waals surface area contributed by atoms with Gasteiger partial charge >= 0.3 is 0 Å². The van der Waals surface area contributed by atoms with Crippen LogP contribution in [0, 0.1) is 0 Å². The molecule has 4 heteroatoms. The highest BCUT2D eigenvalue weighted by Crippen LogP contribution is 2.20. The van der Waals surface area contributed by atoms with Gasteiger partial charge in [-0.15, -0.1) is 0 Å². The first-order chi connectivity index (χ1) is 7.74. The summed E-state index contributed by atoms with van der Waals surface area (Å²) in [7, 11) is 0. The minimum absolute atomic E-state index is 0.105. The largest absolute Gasteiger partial charge is 0.368 e. The molecule has 0 aliphatic heterocycles. The molecule has 0 aromatic carbocycles. The minimum atomic E-state index is -0.193. The van der Waals surface area contributed by atoms with Crippen LogP contribution in [-0.4, -0.2) is 29.5 Å². The summed E-state index contributed by atoms with van der Waals surface area (Å²) in [5.41, 5.74) is 5.36. The first-order valence-electron chi connectivity index (χ1n) is 6.37. The molecule has 1 saturated carbocycles. The Morgan fingerprint density at radius 1 is 1.44 bits per heavy atom. The van der Waals surface area contributed by atoms with Gasteiger partial charge < -0.3 is 11.1 Å². The van der Waals surface area contributed by atoms with E-state index < -0.39 is 0 Å². The van der Waals surface area contributed by atoms with E-state index in [0.717, 1.165) is 12.2 Å². The van der Waals surface area contributed by atoms with E-state index in [0.29, 0.717) is 6.04 Å². The number of amides is 1. The predicted octanol–water partition coefficient (Wildman–Crippen LogP) is 1.91. The number of carbonyl (C=O) groups is 1. The second-order valence-corrected chi connectivity index (χ2v) is 5.73. The monoisotopic (exact) mass is 244 g/mol. The van der Waals surface area contributed by atoms with Gasteiger partial charge in [0.25, 0.3) is 0 Å². The maximum Gasteiger partial charge on any atom is 0.234 e. The molecule has 0 radical (unpaired) electrons. The zero-order chi connectivity index (χ0) is 11.8. The van der Waals surface area contributed by atoms with Gasteiger partial charge in [0, 0.05) is 6.04 Å². The van der Waals surface area contributed by atoms with Crippen molar-refractivity contribution < 1.29 is 4.79 Å². The van der Waals surface area contributed by atoms with E-state index in [9.17, 15) is 4.79 Å². The highest BCUT2D eigenvalue weighted by atomic mass is 32.2. The molecule has 0 spiro atoms. The summed E-state index contributed by atoms with van der Waals surface area (Å²) < 4.78 is 0. The molecule has 0 saturated heterocycles. The summed E-state index contributed by atoms with van der Waals surface area (Å²) in [4.78, 5) is 11.2. The molecule has 0 bridgehead atoms. The van der Waals surface area contributed by atoms with Crippen LogP contribution in [-0.2, 0) is 4.79 Å². The van der Waals surface area contributed by atoms with E-state index >= 15 is 0 Å². The Bertz CT molecular complexity index is 207. The van der Waals surface area contributed by atoms with Gasteiger partial charge in [-0.2, -0.15) is 11.8 Å². The van der Waals surface area contributed by atoms with Crippen molar-refractivity contribution in [2.24, 2.45) is 5.73 Å². The molecule has 1 amide bonds. The van der Waals surface area contributed by atoms with Crippen LogP contribution in [0.15, 0.2) is 0 Å². The molecule has 3 N–H and O–H groups in total. The predicted molar refractivity (Wildman–Crippen MR) is 70.6 cm³/mol.